The molecular formula is C28H18ClN5+4. The molecule has 0 spiro atoms. The number of pyridine rings is 5. The van der Waals surface area contributed by atoms with Crippen molar-refractivity contribution >= 4 is 33.4 Å². The van der Waals surface area contributed by atoms with Crippen molar-refractivity contribution in [3.8, 4) is 22.8 Å². The van der Waals surface area contributed by atoms with Gasteiger partial charge >= 0.3 is 5.91 Å². The zero-order valence-corrected chi connectivity index (χ0v) is 18.8. The molecule has 0 atom stereocenters. The first-order chi connectivity index (χ1) is 16.8. The Hall–Kier alpha value is -4.22. The molecule has 2 aliphatic heterocycles. The summed E-state index contributed by atoms with van der Waals surface area (Å²) < 4.78 is 9.48. The standard InChI is InChI=1S/C28H18ClN5/c29-25-15-14-19-12-13-20-7-6-18-33(27(20)26(19)30-25)28-31-16-3-1-8-21(31)23-10-5-11-24(34(23)28)22-9-2-4-17-32(22)28/h1-18H/q+4. The molecule has 7 heterocycles. The minimum atomic E-state index is -0.725. The van der Waals surface area contributed by atoms with Gasteiger partial charge in [0.25, 0.3) is 28.3 Å². The monoisotopic (exact) mass is 459 g/mol. The van der Waals surface area contributed by atoms with Crippen LogP contribution in [0.3, 0.4) is 0 Å². The predicted octanol–water partition coefficient (Wildman–Crippen LogP) is 3.36. The van der Waals surface area contributed by atoms with Crippen LogP contribution in [-0.2, 0) is 5.91 Å². The zero-order chi connectivity index (χ0) is 22.4. The number of hydrogen-bond donors (Lipinski definition) is 0. The summed E-state index contributed by atoms with van der Waals surface area (Å²) in [4.78, 5) is 4.80. The smallest absolute Gasteiger partial charge is 0.229 e. The van der Waals surface area contributed by atoms with Crippen LogP contribution in [0.5, 0.6) is 0 Å². The Morgan fingerprint density at radius 3 is 1.91 bits per heavy atom. The highest BCUT2D eigenvalue weighted by molar-refractivity contribution is 6.30. The molecule has 5 nitrogen and oxygen atoms in total. The molecule has 2 aliphatic rings. The molecule has 158 valence electrons. The normalized spacial score (nSPS) is 14.3. The van der Waals surface area contributed by atoms with E-state index in [-0.39, 0.29) is 0 Å². The fourth-order valence-corrected chi connectivity index (χ4v) is 5.99. The highest BCUT2D eigenvalue weighted by Gasteiger charge is 2.83. The fraction of sp³-hybridized carbons (Fsp3) is 0.0357. The highest BCUT2D eigenvalue weighted by atomic mass is 35.5. The second kappa shape index (κ2) is 6.22. The Balaban J connectivity index is 1.66. The molecule has 34 heavy (non-hydrogen) atoms. The van der Waals surface area contributed by atoms with Crippen LogP contribution in [0.4, 0.5) is 0 Å². The third-order valence-electron chi connectivity index (χ3n) is 7.09. The van der Waals surface area contributed by atoms with E-state index in [2.05, 4.69) is 116 Å². The molecule has 0 saturated heterocycles. The topological polar surface area (TPSA) is 28.4 Å². The molecule has 8 rings (SSSR count). The van der Waals surface area contributed by atoms with Gasteiger partial charge in [0.1, 0.15) is 10.7 Å². The number of benzene rings is 1. The van der Waals surface area contributed by atoms with Crippen LogP contribution in [0.2, 0.25) is 5.15 Å². The molecule has 0 unspecified atom stereocenters. The molecular weight excluding hydrogens is 442 g/mol. The van der Waals surface area contributed by atoms with E-state index in [9.17, 15) is 0 Å². The third kappa shape index (κ3) is 2.00. The summed E-state index contributed by atoms with van der Waals surface area (Å²) >= 11 is 6.42. The maximum atomic E-state index is 6.42. The number of hydrogen-bond acceptors (Lipinski definition) is 1. The Morgan fingerprint density at radius 1 is 0.559 bits per heavy atom. The van der Waals surface area contributed by atoms with Gasteiger partial charge in [0.05, 0.1) is 0 Å². The molecule has 6 aromatic rings. The van der Waals surface area contributed by atoms with Crippen molar-refractivity contribution in [1.82, 2.24) is 4.98 Å². The van der Waals surface area contributed by atoms with Gasteiger partial charge in [-0.05, 0) is 47.0 Å². The Bertz CT molecular complexity index is 1780. The third-order valence-corrected chi connectivity index (χ3v) is 7.30. The van der Waals surface area contributed by atoms with Gasteiger partial charge in [0.15, 0.2) is 18.6 Å². The first kappa shape index (κ1) is 18.2. The molecule has 0 aliphatic carbocycles. The van der Waals surface area contributed by atoms with Gasteiger partial charge in [0, 0.05) is 66.9 Å². The van der Waals surface area contributed by atoms with Gasteiger partial charge in [0.2, 0.25) is 0 Å². The lowest BCUT2D eigenvalue weighted by Crippen LogP contribution is -2.93. The molecule has 0 fully saturated rings. The summed E-state index contributed by atoms with van der Waals surface area (Å²) in [5.41, 5.74) is 6.55. The lowest BCUT2D eigenvalue weighted by atomic mass is 10.1. The van der Waals surface area contributed by atoms with Gasteiger partial charge in [-0.15, -0.1) is 0 Å². The summed E-state index contributed by atoms with van der Waals surface area (Å²) in [6, 6.07) is 31.7. The van der Waals surface area contributed by atoms with Crippen molar-refractivity contribution in [3.05, 3.63) is 115 Å². The molecule has 0 N–H and O–H groups in total. The second-order valence-corrected chi connectivity index (χ2v) is 9.12. The van der Waals surface area contributed by atoms with Gasteiger partial charge in [-0.2, -0.15) is 0 Å². The van der Waals surface area contributed by atoms with Gasteiger partial charge < -0.3 is 0 Å². The zero-order valence-electron chi connectivity index (χ0n) is 18.0. The molecule has 0 radical (unpaired) electrons. The Kier molecular flexibility index (Phi) is 3.33. The highest BCUT2D eigenvalue weighted by Crippen LogP contribution is 2.31. The first-order valence-corrected chi connectivity index (χ1v) is 11.6. The number of fused-ring (bicyclic) bond motifs is 9. The van der Waals surface area contributed by atoms with Crippen molar-refractivity contribution in [1.29, 1.82) is 0 Å². The summed E-state index contributed by atoms with van der Waals surface area (Å²) in [5, 5.41) is 2.65. The predicted molar refractivity (Wildman–Crippen MR) is 127 cm³/mol. The van der Waals surface area contributed by atoms with Crippen molar-refractivity contribution in [3.63, 3.8) is 0 Å². The van der Waals surface area contributed by atoms with E-state index in [1.165, 1.54) is 0 Å². The maximum absolute atomic E-state index is 6.42. The van der Waals surface area contributed by atoms with Crippen LogP contribution < -0.4 is 18.3 Å². The molecule has 5 aromatic heterocycles. The summed E-state index contributed by atoms with van der Waals surface area (Å²) in [7, 11) is 0. The maximum Gasteiger partial charge on any atom is 0.770 e. The molecule has 0 amide bonds. The van der Waals surface area contributed by atoms with Crippen LogP contribution in [0, 0.1) is 0 Å². The van der Waals surface area contributed by atoms with Crippen LogP contribution in [-0.4, -0.2) is 4.98 Å². The van der Waals surface area contributed by atoms with Gasteiger partial charge in [-0.3, -0.25) is 0 Å². The average Bonchev–Trinajstić information content (AvgIpc) is 3.36. The first-order valence-electron chi connectivity index (χ1n) is 11.3. The van der Waals surface area contributed by atoms with E-state index in [1.807, 2.05) is 12.1 Å². The molecule has 1 aromatic carbocycles. The summed E-state index contributed by atoms with van der Waals surface area (Å²) in [6.07, 6.45) is 6.49. The van der Waals surface area contributed by atoms with Gasteiger partial charge in [-0.1, -0.05) is 17.7 Å². The minimum Gasteiger partial charge on any atom is -0.229 e. The lowest BCUT2D eigenvalue weighted by molar-refractivity contribution is -1.29. The molecule has 0 bridgehead atoms. The lowest BCUT2D eigenvalue weighted by Gasteiger charge is -2.09. The van der Waals surface area contributed by atoms with Crippen molar-refractivity contribution in [2.75, 3.05) is 0 Å². The van der Waals surface area contributed by atoms with E-state index in [1.54, 1.807) is 0 Å². The molecule has 6 heteroatoms. The number of nitrogens with zero attached hydrogens (tertiary/aromatic N) is 5. The number of rotatable bonds is 1. The SMILES string of the molecule is Clc1ccc2ccc3ccc[n+](C45[n+]6ccccc6-c6cccc([n+]64)-c4cccc[n+]45)c3c2n1. The van der Waals surface area contributed by atoms with Crippen molar-refractivity contribution in [2.45, 2.75) is 5.91 Å². The van der Waals surface area contributed by atoms with E-state index >= 15 is 0 Å². The van der Waals surface area contributed by atoms with Crippen LogP contribution in [0.25, 0.3) is 44.6 Å². The minimum absolute atomic E-state index is 0.487. The fourth-order valence-electron chi connectivity index (χ4n) is 5.84. The van der Waals surface area contributed by atoms with Crippen molar-refractivity contribution in [2.24, 2.45) is 0 Å². The summed E-state index contributed by atoms with van der Waals surface area (Å²) in [6.45, 7) is 0. The average molecular weight is 460 g/mol. The largest absolute Gasteiger partial charge is 0.770 e. The number of halogens is 1. The van der Waals surface area contributed by atoms with Crippen LogP contribution >= 0.6 is 11.6 Å². The van der Waals surface area contributed by atoms with E-state index in [0.717, 1.165) is 44.6 Å². The van der Waals surface area contributed by atoms with E-state index < -0.39 is 5.91 Å². The van der Waals surface area contributed by atoms with Crippen LogP contribution in [0.15, 0.2) is 110 Å². The van der Waals surface area contributed by atoms with Crippen LogP contribution in [0.1, 0.15) is 0 Å². The second-order valence-electron chi connectivity index (χ2n) is 8.73. The Morgan fingerprint density at radius 2 is 1.18 bits per heavy atom. The molecule has 0 saturated carbocycles. The van der Waals surface area contributed by atoms with Crippen molar-refractivity contribution < 1.29 is 18.3 Å². The van der Waals surface area contributed by atoms with Gasteiger partial charge in [-0.25, -0.2) is 4.98 Å². The number of aromatic nitrogens is 5. The summed E-state index contributed by atoms with van der Waals surface area (Å²) in [5.74, 6) is -0.725. The van der Waals surface area contributed by atoms with E-state index in [4.69, 9.17) is 16.6 Å². The quantitative estimate of drug-likeness (QED) is 0.210. The van der Waals surface area contributed by atoms with E-state index in [0.29, 0.717) is 5.15 Å². The Labute approximate surface area is 200 Å².